The van der Waals surface area contributed by atoms with Crippen molar-refractivity contribution in [2.75, 3.05) is 0 Å². The van der Waals surface area contributed by atoms with Crippen molar-refractivity contribution in [3.63, 3.8) is 0 Å². The van der Waals surface area contributed by atoms with Gasteiger partial charge in [-0.1, -0.05) is 42.5 Å². The predicted octanol–water partition coefficient (Wildman–Crippen LogP) is 3.72. The molecule has 0 atom stereocenters. The van der Waals surface area contributed by atoms with Crippen LogP contribution in [0.2, 0.25) is 0 Å². The molecule has 1 heterocycles. The highest BCUT2D eigenvalue weighted by molar-refractivity contribution is 5.76. The molecule has 0 saturated carbocycles. The molecule has 0 spiro atoms. The van der Waals surface area contributed by atoms with Gasteiger partial charge in [0.15, 0.2) is 5.82 Å². The molecule has 118 valence electrons. The summed E-state index contributed by atoms with van der Waals surface area (Å²) >= 11 is 0. The average Bonchev–Trinajstić information content (AvgIpc) is 2.92. The fourth-order valence-corrected chi connectivity index (χ4v) is 2.37. The molecule has 6 heteroatoms. The largest absolute Gasteiger partial charge is 0.457 e. The van der Waals surface area contributed by atoms with Crippen molar-refractivity contribution in [3.05, 3.63) is 66.0 Å². The molecule has 0 radical (unpaired) electrons. The molecule has 3 aromatic rings. The Kier molecular flexibility index (Phi) is 4.32. The number of carbonyl (C=O) groups is 1. The fraction of sp³-hybridized carbons (Fsp3) is 0.176. The smallest absolute Gasteiger partial charge is 0.320 e. The van der Waals surface area contributed by atoms with E-state index in [1.54, 1.807) is 36.4 Å². The molecule has 0 fully saturated rings. The zero-order valence-electron chi connectivity index (χ0n) is 12.2. The van der Waals surface area contributed by atoms with Crippen molar-refractivity contribution in [2.24, 2.45) is 0 Å². The van der Waals surface area contributed by atoms with Gasteiger partial charge in [-0.25, -0.2) is 4.98 Å². The number of nitrogens with zero attached hydrogens (tertiary/aromatic N) is 2. The lowest BCUT2D eigenvalue weighted by atomic mass is 10.2. The number of halogens is 2. The van der Waals surface area contributed by atoms with Crippen molar-refractivity contribution in [3.8, 4) is 0 Å². The van der Waals surface area contributed by atoms with Crippen LogP contribution in [0.4, 0.5) is 8.78 Å². The number of alkyl halides is 2. The summed E-state index contributed by atoms with van der Waals surface area (Å²) in [7, 11) is 0. The van der Waals surface area contributed by atoms with Gasteiger partial charge in [-0.15, -0.1) is 0 Å². The summed E-state index contributed by atoms with van der Waals surface area (Å²) in [6.45, 7) is -3.03. The zero-order chi connectivity index (χ0) is 16.2. The van der Waals surface area contributed by atoms with Crippen LogP contribution >= 0.6 is 0 Å². The van der Waals surface area contributed by atoms with E-state index in [0.29, 0.717) is 11.0 Å². The minimum Gasteiger partial charge on any atom is -0.457 e. The molecule has 0 unspecified atom stereocenters. The third-order valence-corrected chi connectivity index (χ3v) is 3.42. The number of benzene rings is 2. The number of aromatic nitrogens is 2. The number of carbonyl (C=O) groups excluding carboxylic acids is 1. The highest BCUT2D eigenvalue weighted by atomic mass is 19.3. The molecular weight excluding hydrogens is 302 g/mol. The molecule has 0 saturated heterocycles. The second-order valence-electron chi connectivity index (χ2n) is 4.99. The van der Waals surface area contributed by atoms with E-state index in [-0.39, 0.29) is 18.9 Å². The number of esters is 1. The van der Waals surface area contributed by atoms with Crippen molar-refractivity contribution in [1.29, 1.82) is 0 Å². The second-order valence-corrected chi connectivity index (χ2v) is 4.99. The molecule has 0 bridgehead atoms. The van der Waals surface area contributed by atoms with Crippen LogP contribution in [0.3, 0.4) is 0 Å². The number of fused-ring (bicyclic) bond motifs is 1. The number of hydrogen-bond acceptors (Lipinski definition) is 3. The Hall–Kier alpha value is -2.76. The SMILES string of the molecule is O=C(Cc1ccccc1)OCc1nc2ccccc2n1C(F)F. The summed E-state index contributed by atoms with van der Waals surface area (Å²) in [5, 5.41) is 0. The van der Waals surface area contributed by atoms with E-state index in [4.69, 9.17) is 4.74 Å². The van der Waals surface area contributed by atoms with Crippen molar-refractivity contribution < 1.29 is 18.3 Å². The number of imidazole rings is 1. The number of ether oxygens (including phenoxy) is 1. The highest BCUT2D eigenvalue weighted by Gasteiger charge is 2.18. The van der Waals surface area contributed by atoms with Crippen LogP contribution < -0.4 is 0 Å². The second kappa shape index (κ2) is 6.56. The highest BCUT2D eigenvalue weighted by Crippen LogP contribution is 2.23. The Morgan fingerprint density at radius 1 is 1.09 bits per heavy atom. The van der Waals surface area contributed by atoms with Gasteiger partial charge in [0, 0.05) is 0 Å². The van der Waals surface area contributed by atoms with Gasteiger partial charge in [-0.3, -0.25) is 9.36 Å². The standard InChI is InChI=1S/C17H14F2N2O2/c18-17(19)21-14-9-5-4-8-13(14)20-15(21)11-23-16(22)10-12-6-2-1-3-7-12/h1-9,17H,10-11H2. The van der Waals surface area contributed by atoms with Crippen LogP contribution in [-0.4, -0.2) is 15.5 Å². The molecular formula is C17H14F2N2O2. The van der Waals surface area contributed by atoms with Crippen molar-refractivity contribution >= 4 is 17.0 Å². The minimum absolute atomic E-state index is 0.0302. The van der Waals surface area contributed by atoms with Crippen LogP contribution in [0.25, 0.3) is 11.0 Å². The van der Waals surface area contributed by atoms with Crippen LogP contribution in [-0.2, 0) is 22.6 Å². The minimum atomic E-state index is -2.75. The summed E-state index contributed by atoms with van der Waals surface area (Å²) in [4.78, 5) is 16.0. The summed E-state index contributed by atoms with van der Waals surface area (Å²) < 4.78 is 32.4. The third-order valence-electron chi connectivity index (χ3n) is 3.42. The van der Waals surface area contributed by atoms with Crippen molar-refractivity contribution in [2.45, 2.75) is 19.6 Å². The van der Waals surface area contributed by atoms with E-state index in [1.165, 1.54) is 0 Å². The van der Waals surface area contributed by atoms with Crippen LogP contribution in [0.15, 0.2) is 54.6 Å². The Morgan fingerprint density at radius 2 is 1.78 bits per heavy atom. The first kappa shape index (κ1) is 15.1. The molecule has 1 aromatic heterocycles. The molecule has 0 amide bonds. The maximum atomic E-state index is 13.2. The summed E-state index contributed by atoms with van der Waals surface area (Å²) in [6, 6.07) is 15.7. The van der Waals surface area contributed by atoms with Gasteiger partial charge in [0.2, 0.25) is 0 Å². The number of hydrogen-bond donors (Lipinski definition) is 0. The normalized spacial score (nSPS) is 11.1. The van der Waals surface area contributed by atoms with E-state index < -0.39 is 12.5 Å². The lowest BCUT2D eigenvalue weighted by molar-refractivity contribution is -0.144. The molecule has 3 rings (SSSR count). The van der Waals surface area contributed by atoms with E-state index in [1.807, 2.05) is 18.2 Å². The maximum absolute atomic E-state index is 13.2. The van der Waals surface area contributed by atoms with Gasteiger partial charge in [0.1, 0.15) is 6.61 Å². The van der Waals surface area contributed by atoms with Gasteiger partial charge in [-0.05, 0) is 17.7 Å². The van der Waals surface area contributed by atoms with Gasteiger partial charge in [-0.2, -0.15) is 8.78 Å². The first-order chi connectivity index (χ1) is 11.1. The number of para-hydroxylation sites is 2. The van der Waals surface area contributed by atoms with Crippen LogP contribution in [0.5, 0.6) is 0 Å². The van der Waals surface area contributed by atoms with Crippen LogP contribution in [0, 0.1) is 0 Å². The summed E-state index contributed by atoms with van der Waals surface area (Å²) in [5.74, 6) is -0.452. The Bertz CT molecular complexity index is 816. The Balaban J connectivity index is 1.74. The van der Waals surface area contributed by atoms with Crippen LogP contribution in [0.1, 0.15) is 17.9 Å². The Morgan fingerprint density at radius 3 is 2.52 bits per heavy atom. The first-order valence-corrected chi connectivity index (χ1v) is 7.08. The molecule has 0 aliphatic rings. The molecule has 4 nitrogen and oxygen atoms in total. The average molecular weight is 316 g/mol. The first-order valence-electron chi connectivity index (χ1n) is 7.08. The topological polar surface area (TPSA) is 44.1 Å². The quantitative estimate of drug-likeness (QED) is 0.674. The molecule has 2 aromatic carbocycles. The molecule has 0 aliphatic carbocycles. The van der Waals surface area contributed by atoms with E-state index in [0.717, 1.165) is 10.1 Å². The maximum Gasteiger partial charge on any atom is 0.320 e. The van der Waals surface area contributed by atoms with Gasteiger partial charge in [0.05, 0.1) is 17.5 Å². The molecule has 0 aliphatic heterocycles. The monoisotopic (exact) mass is 316 g/mol. The summed E-state index contributed by atoms with van der Waals surface area (Å²) in [5.41, 5.74) is 1.57. The van der Waals surface area contributed by atoms with E-state index in [2.05, 4.69) is 4.98 Å². The van der Waals surface area contributed by atoms with Crippen molar-refractivity contribution in [1.82, 2.24) is 9.55 Å². The predicted molar refractivity (Wildman–Crippen MR) is 80.9 cm³/mol. The lowest BCUT2D eigenvalue weighted by Crippen LogP contribution is -2.12. The third kappa shape index (κ3) is 3.36. The molecule has 0 N–H and O–H groups in total. The summed E-state index contributed by atoms with van der Waals surface area (Å²) in [6.07, 6.45) is 0.0930. The van der Waals surface area contributed by atoms with E-state index >= 15 is 0 Å². The zero-order valence-corrected chi connectivity index (χ0v) is 12.2. The van der Waals surface area contributed by atoms with Gasteiger partial charge in [0.25, 0.3) is 0 Å². The molecule has 23 heavy (non-hydrogen) atoms. The van der Waals surface area contributed by atoms with Gasteiger partial charge < -0.3 is 4.74 Å². The fourth-order valence-electron chi connectivity index (χ4n) is 2.37. The number of rotatable bonds is 5. The van der Waals surface area contributed by atoms with Gasteiger partial charge >= 0.3 is 12.5 Å². The Labute approximate surface area is 131 Å². The lowest BCUT2D eigenvalue weighted by Gasteiger charge is -2.08. The van der Waals surface area contributed by atoms with E-state index in [9.17, 15) is 13.6 Å².